The third kappa shape index (κ3) is 4.43. The minimum Gasteiger partial charge on any atom is -0.324 e. The van der Waals surface area contributed by atoms with Crippen molar-refractivity contribution in [3.05, 3.63) is 33.3 Å². The quantitative estimate of drug-likeness (QED) is 0.627. The van der Waals surface area contributed by atoms with Crippen molar-refractivity contribution >= 4 is 27.3 Å². The monoisotopic (exact) mass is 307 g/mol. The normalized spacial score (nSPS) is 12.4. The molecule has 0 fully saturated rings. The summed E-state index contributed by atoms with van der Waals surface area (Å²) < 4.78 is 26.3. The summed E-state index contributed by atoms with van der Waals surface area (Å²) >= 11 is 5.76. The van der Waals surface area contributed by atoms with Gasteiger partial charge in [0, 0.05) is 24.2 Å². The van der Waals surface area contributed by atoms with Gasteiger partial charge < -0.3 is 5.73 Å². The number of non-ortho nitro benzene ring substituents is 1. The summed E-state index contributed by atoms with van der Waals surface area (Å²) in [6, 6.07) is 3.21. The topological polar surface area (TPSA) is 115 Å². The van der Waals surface area contributed by atoms with Crippen LogP contribution in [0, 0.1) is 10.1 Å². The molecule has 0 atom stereocenters. The molecule has 0 unspecified atom stereocenters. The third-order valence-electron chi connectivity index (χ3n) is 2.13. The lowest BCUT2D eigenvalue weighted by Gasteiger charge is -2.19. The van der Waals surface area contributed by atoms with Crippen molar-refractivity contribution in [2.75, 3.05) is 6.54 Å². The summed E-state index contributed by atoms with van der Waals surface area (Å²) in [5.41, 5.74) is 4.57. The second-order valence-corrected chi connectivity index (χ2v) is 6.83. The van der Waals surface area contributed by atoms with E-state index in [0.29, 0.717) is 0 Å². The average Bonchev–Trinajstić information content (AvgIpc) is 2.25. The van der Waals surface area contributed by atoms with Gasteiger partial charge in [-0.3, -0.25) is 10.1 Å². The Hall–Kier alpha value is -1.22. The molecule has 0 amide bonds. The molecule has 0 spiro atoms. The molecular weight excluding hydrogens is 294 g/mol. The van der Waals surface area contributed by atoms with Gasteiger partial charge in [-0.1, -0.05) is 11.6 Å². The summed E-state index contributed by atoms with van der Waals surface area (Å²) in [7, 11) is -3.95. The van der Waals surface area contributed by atoms with E-state index in [9.17, 15) is 18.5 Å². The minimum absolute atomic E-state index is 0.0195. The standard InChI is InChI=1S/C10H14ClN3O4S/c1-10(2,12)6-13-19(17,18)9-5-7(14(15)16)3-4-8(9)11/h3-5,13H,6,12H2,1-2H3. The Morgan fingerprint density at radius 1 is 1.47 bits per heavy atom. The van der Waals surface area contributed by atoms with Gasteiger partial charge in [0.05, 0.1) is 9.95 Å². The number of rotatable bonds is 5. The van der Waals surface area contributed by atoms with Gasteiger partial charge in [-0.2, -0.15) is 0 Å². The van der Waals surface area contributed by atoms with E-state index >= 15 is 0 Å². The predicted molar refractivity (Wildman–Crippen MR) is 71.6 cm³/mol. The zero-order chi connectivity index (χ0) is 14.8. The molecule has 3 N–H and O–H groups in total. The molecule has 1 aromatic carbocycles. The summed E-state index contributed by atoms with van der Waals surface area (Å²) in [4.78, 5) is 9.60. The number of nitrogens with two attached hydrogens (primary N) is 1. The molecule has 1 aromatic rings. The van der Waals surface area contributed by atoms with E-state index in [-0.39, 0.29) is 22.2 Å². The van der Waals surface area contributed by atoms with E-state index in [0.717, 1.165) is 12.1 Å². The number of nitrogens with zero attached hydrogens (tertiary/aromatic N) is 1. The maximum Gasteiger partial charge on any atom is 0.270 e. The number of halogens is 1. The molecule has 7 nitrogen and oxygen atoms in total. The number of nitro benzene ring substituents is 1. The Labute approximate surface area is 115 Å². The number of benzene rings is 1. The van der Waals surface area contributed by atoms with Gasteiger partial charge in [-0.25, -0.2) is 13.1 Å². The molecule has 0 bridgehead atoms. The van der Waals surface area contributed by atoms with Crippen LogP contribution in [0.1, 0.15) is 13.8 Å². The lowest BCUT2D eigenvalue weighted by molar-refractivity contribution is -0.385. The molecule has 1 rings (SSSR count). The van der Waals surface area contributed by atoms with Crippen LogP contribution in [0.2, 0.25) is 5.02 Å². The van der Waals surface area contributed by atoms with Crippen LogP contribution in [0.15, 0.2) is 23.1 Å². The Morgan fingerprint density at radius 3 is 2.53 bits per heavy atom. The van der Waals surface area contributed by atoms with Crippen molar-refractivity contribution < 1.29 is 13.3 Å². The summed E-state index contributed by atoms with van der Waals surface area (Å²) in [6.45, 7) is 3.27. The number of hydrogen-bond donors (Lipinski definition) is 2. The van der Waals surface area contributed by atoms with Gasteiger partial charge in [-0.05, 0) is 19.9 Å². The van der Waals surface area contributed by atoms with E-state index in [4.69, 9.17) is 17.3 Å². The number of nitrogens with one attached hydrogen (secondary N) is 1. The van der Waals surface area contributed by atoms with Gasteiger partial charge >= 0.3 is 0 Å². The smallest absolute Gasteiger partial charge is 0.270 e. The fourth-order valence-corrected chi connectivity index (χ4v) is 2.91. The first-order chi connectivity index (χ1) is 8.53. The lowest BCUT2D eigenvalue weighted by atomic mass is 10.1. The van der Waals surface area contributed by atoms with Crippen molar-refractivity contribution in [1.82, 2.24) is 4.72 Å². The first-order valence-corrected chi connectivity index (χ1v) is 7.11. The van der Waals surface area contributed by atoms with Gasteiger partial charge in [0.25, 0.3) is 5.69 Å². The molecule has 106 valence electrons. The maximum absolute atomic E-state index is 12.0. The van der Waals surface area contributed by atoms with Crippen LogP contribution in [0.4, 0.5) is 5.69 Å². The van der Waals surface area contributed by atoms with E-state index in [1.165, 1.54) is 6.07 Å². The van der Waals surface area contributed by atoms with E-state index in [1.54, 1.807) is 13.8 Å². The highest BCUT2D eigenvalue weighted by Gasteiger charge is 2.23. The van der Waals surface area contributed by atoms with Crippen LogP contribution < -0.4 is 10.5 Å². The zero-order valence-electron chi connectivity index (χ0n) is 10.4. The second-order valence-electron chi connectivity index (χ2n) is 4.68. The van der Waals surface area contributed by atoms with Crippen LogP contribution in [0.5, 0.6) is 0 Å². The van der Waals surface area contributed by atoms with Gasteiger partial charge in [0.1, 0.15) is 4.90 Å². The van der Waals surface area contributed by atoms with Crippen LogP contribution >= 0.6 is 11.6 Å². The predicted octanol–water partition coefficient (Wildman–Crippen LogP) is 1.26. The first kappa shape index (κ1) is 15.8. The van der Waals surface area contributed by atoms with Crippen molar-refractivity contribution in [2.45, 2.75) is 24.3 Å². The van der Waals surface area contributed by atoms with Crippen LogP contribution in [0.25, 0.3) is 0 Å². The average molecular weight is 308 g/mol. The van der Waals surface area contributed by atoms with Crippen LogP contribution in [0.3, 0.4) is 0 Å². The van der Waals surface area contributed by atoms with Gasteiger partial charge in [-0.15, -0.1) is 0 Å². The molecule has 0 aromatic heterocycles. The van der Waals surface area contributed by atoms with Crippen molar-refractivity contribution in [1.29, 1.82) is 0 Å². The zero-order valence-corrected chi connectivity index (χ0v) is 12.0. The Balaban J connectivity index is 3.14. The Kier molecular flexibility index (Phi) is 4.51. The van der Waals surface area contributed by atoms with Gasteiger partial charge in [0.15, 0.2) is 0 Å². The Bertz CT molecular complexity index is 595. The molecule has 0 aliphatic heterocycles. The van der Waals surface area contributed by atoms with Crippen LogP contribution in [-0.4, -0.2) is 25.4 Å². The highest BCUT2D eigenvalue weighted by molar-refractivity contribution is 7.89. The van der Waals surface area contributed by atoms with Gasteiger partial charge in [0.2, 0.25) is 10.0 Å². The number of hydrogen-bond acceptors (Lipinski definition) is 5. The largest absolute Gasteiger partial charge is 0.324 e. The molecule has 19 heavy (non-hydrogen) atoms. The van der Waals surface area contributed by atoms with Crippen molar-refractivity contribution in [3.8, 4) is 0 Å². The molecule has 0 saturated heterocycles. The number of sulfonamides is 1. The molecule has 0 aliphatic carbocycles. The minimum atomic E-state index is -3.95. The first-order valence-electron chi connectivity index (χ1n) is 5.25. The summed E-state index contributed by atoms with van der Waals surface area (Å²) in [5, 5.41) is 10.5. The van der Waals surface area contributed by atoms with E-state index in [1.807, 2.05) is 0 Å². The third-order valence-corrected chi connectivity index (χ3v) is 4.02. The summed E-state index contributed by atoms with van der Waals surface area (Å²) in [5.74, 6) is 0. The molecule has 0 radical (unpaired) electrons. The SMILES string of the molecule is CC(C)(N)CNS(=O)(=O)c1cc([N+](=O)[O-])ccc1Cl. The Morgan fingerprint density at radius 2 is 2.05 bits per heavy atom. The number of nitro groups is 1. The molecule has 0 heterocycles. The molecule has 9 heteroatoms. The molecular formula is C10H14ClN3O4S. The molecule has 0 aliphatic rings. The van der Waals surface area contributed by atoms with Crippen LogP contribution in [-0.2, 0) is 10.0 Å². The second kappa shape index (κ2) is 5.41. The van der Waals surface area contributed by atoms with Crippen molar-refractivity contribution in [3.63, 3.8) is 0 Å². The van der Waals surface area contributed by atoms with E-state index in [2.05, 4.69) is 4.72 Å². The lowest BCUT2D eigenvalue weighted by Crippen LogP contribution is -2.45. The fraction of sp³-hybridized carbons (Fsp3) is 0.400. The fourth-order valence-electron chi connectivity index (χ4n) is 1.17. The van der Waals surface area contributed by atoms with Crippen molar-refractivity contribution in [2.24, 2.45) is 5.73 Å². The summed E-state index contributed by atoms with van der Waals surface area (Å²) in [6.07, 6.45) is 0. The molecule has 0 saturated carbocycles. The highest BCUT2D eigenvalue weighted by Crippen LogP contribution is 2.26. The highest BCUT2D eigenvalue weighted by atomic mass is 35.5. The van der Waals surface area contributed by atoms with E-state index < -0.39 is 20.5 Å². The maximum atomic E-state index is 12.0.